The SMILES string of the molecule is CN=C1CN(C[C@@H]2CC(F)(F)[C@H](n3ccc(N)nc3=O)O2)CC1=CN. The predicted molar refractivity (Wildman–Crippen MR) is 88.5 cm³/mol. The van der Waals surface area contributed by atoms with Crippen LogP contribution in [0, 0.1) is 0 Å². The van der Waals surface area contributed by atoms with Crippen molar-refractivity contribution in [2.45, 2.75) is 24.7 Å². The van der Waals surface area contributed by atoms with Crippen LogP contribution in [0.2, 0.25) is 0 Å². The maximum atomic E-state index is 14.4. The summed E-state index contributed by atoms with van der Waals surface area (Å²) >= 11 is 0. The van der Waals surface area contributed by atoms with E-state index in [-0.39, 0.29) is 5.82 Å². The molecule has 2 aliphatic rings. The molecule has 136 valence electrons. The second kappa shape index (κ2) is 6.52. The molecule has 2 aliphatic heterocycles. The summed E-state index contributed by atoms with van der Waals surface area (Å²) in [5.41, 5.74) is 11.8. The molecule has 1 aromatic heterocycles. The van der Waals surface area contributed by atoms with E-state index in [2.05, 4.69) is 9.98 Å². The molecule has 3 heterocycles. The molecule has 2 saturated heterocycles. The van der Waals surface area contributed by atoms with E-state index in [9.17, 15) is 13.6 Å². The number of rotatable bonds is 3. The summed E-state index contributed by atoms with van der Waals surface area (Å²) in [6.07, 6.45) is -0.233. The number of nitrogen functional groups attached to an aromatic ring is 1. The Hall–Kier alpha value is -2.33. The molecule has 0 aliphatic carbocycles. The number of likely N-dealkylation sites (tertiary alicyclic amines) is 1. The first-order chi connectivity index (χ1) is 11.8. The van der Waals surface area contributed by atoms with E-state index >= 15 is 0 Å². The van der Waals surface area contributed by atoms with Gasteiger partial charge in [-0.15, -0.1) is 0 Å². The smallest absolute Gasteiger partial charge is 0.351 e. The van der Waals surface area contributed by atoms with E-state index in [1.807, 2.05) is 4.90 Å². The number of nitrogens with zero attached hydrogens (tertiary/aromatic N) is 4. The third-order valence-electron chi connectivity index (χ3n) is 4.36. The van der Waals surface area contributed by atoms with E-state index < -0.39 is 30.4 Å². The standard InChI is InChI=1S/C15H20F2N6O2/c1-20-11-8-22(6-9(11)5-18)7-10-4-15(16,17)13(25-10)23-3-2-12(19)21-14(23)24/h2-3,5,10,13H,4,6-8,18H2,1H3,(H2,19,21,24)/t10-,13+/m0/s1. The Labute approximate surface area is 142 Å². The maximum absolute atomic E-state index is 14.4. The van der Waals surface area contributed by atoms with Crippen LogP contribution in [0.5, 0.6) is 0 Å². The number of anilines is 1. The van der Waals surface area contributed by atoms with Crippen LogP contribution < -0.4 is 17.2 Å². The molecule has 10 heteroatoms. The molecule has 0 saturated carbocycles. The number of nitrogens with two attached hydrogens (primary N) is 2. The van der Waals surface area contributed by atoms with Crippen molar-refractivity contribution in [3.63, 3.8) is 0 Å². The fourth-order valence-corrected chi connectivity index (χ4v) is 3.20. The lowest BCUT2D eigenvalue weighted by atomic mass is 10.1. The molecule has 3 rings (SSSR count). The summed E-state index contributed by atoms with van der Waals surface area (Å²) in [6.45, 7) is 1.35. The highest BCUT2D eigenvalue weighted by Gasteiger charge is 2.52. The third kappa shape index (κ3) is 3.40. The predicted octanol–water partition coefficient (Wildman–Crippen LogP) is -0.0227. The number of alkyl halides is 2. The molecule has 25 heavy (non-hydrogen) atoms. The molecule has 0 spiro atoms. The molecular formula is C15H20F2N6O2. The second-order valence-electron chi connectivity index (χ2n) is 6.15. The Morgan fingerprint density at radius 1 is 1.52 bits per heavy atom. The van der Waals surface area contributed by atoms with Crippen molar-refractivity contribution in [3.8, 4) is 0 Å². The summed E-state index contributed by atoms with van der Waals surface area (Å²) < 4.78 is 35.0. The molecule has 1 aromatic rings. The van der Waals surface area contributed by atoms with Gasteiger partial charge in [0.2, 0.25) is 6.23 Å². The largest absolute Gasteiger partial charge is 0.404 e. The molecule has 2 atom stereocenters. The van der Waals surface area contributed by atoms with Gasteiger partial charge in [-0.3, -0.25) is 14.5 Å². The summed E-state index contributed by atoms with van der Waals surface area (Å²) in [4.78, 5) is 21.4. The van der Waals surface area contributed by atoms with Crippen LogP contribution in [0.1, 0.15) is 12.6 Å². The lowest BCUT2D eigenvalue weighted by Gasteiger charge is -2.20. The molecule has 0 radical (unpaired) electrons. The van der Waals surface area contributed by atoms with Gasteiger partial charge in [-0.2, -0.15) is 4.98 Å². The quantitative estimate of drug-likeness (QED) is 0.789. The van der Waals surface area contributed by atoms with E-state index in [0.29, 0.717) is 19.6 Å². The molecule has 8 nitrogen and oxygen atoms in total. The third-order valence-corrected chi connectivity index (χ3v) is 4.36. The number of ether oxygens (including phenoxy) is 1. The zero-order valence-electron chi connectivity index (χ0n) is 13.7. The van der Waals surface area contributed by atoms with E-state index in [1.165, 1.54) is 18.5 Å². The van der Waals surface area contributed by atoms with Gasteiger partial charge in [-0.05, 0) is 6.07 Å². The highest BCUT2D eigenvalue weighted by Crippen LogP contribution is 2.42. The number of aromatic nitrogens is 2. The van der Waals surface area contributed by atoms with Crippen molar-refractivity contribution in [1.29, 1.82) is 0 Å². The van der Waals surface area contributed by atoms with Crippen molar-refractivity contribution in [3.05, 3.63) is 34.5 Å². The fourth-order valence-electron chi connectivity index (χ4n) is 3.20. The minimum Gasteiger partial charge on any atom is -0.404 e. The number of hydrogen-bond acceptors (Lipinski definition) is 7. The van der Waals surface area contributed by atoms with E-state index in [4.69, 9.17) is 16.2 Å². The maximum Gasteiger partial charge on any atom is 0.351 e. The zero-order chi connectivity index (χ0) is 18.2. The number of hydrogen-bond donors (Lipinski definition) is 2. The van der Waals surface area contributed by atoms with Crippen LogP contribution in [-0.2, 0) is 4.74 Å². The van der Waals surface area contributed by atoms with E-state index in [1.54, 1.807) is 7.05 Å². The fraction of sp³-hybridized carbons (Fsp3) is 0.533. The molecule has 4 N–H and O–H groups in total. The summed E-state index contributed by atoms with van der Waals surface area (Å²) in [6, 6.07) is 1.29. The summed E-state index contributed by atoms with van der Waals surface area (Å²) in [5.74, 6) is -3.20. The average Bonchev–Trinajstić information content (AvgIpc) is 3.07. The van der Waals surface area contributed by atoms with Gasteiger partial charge in [0.25, 0.3) is 5.92 Å². The minimum atomic E-state index is -3.18. The molecule has 0 amide bonds. The first-order valence-electron chi connectivity index (χ1n) is 7.81. The Morgan fingerprint density at radius 2 is 2.28 bits per heavy atom. The van der Waals surface area contributed by atoms with Crippen LogP contribution in [0.3, 0.4) is 0 Å². The summed E-state index contributed by atoms with van der Waals surface area (Å²) in [7, 11) is 1.67. The van der Waals surface area contributed by atoms with Gasteiger partial charge in [0, 0.05) is 51.1 Å². The van der Waals surface area contributed by atoms with Crippen LogP contribution in [-0.4, -0.2) is 58.9 Å². The van der Waals surface area contributed by atoms with Gasteiger partial charge in [0.1, 0.15) is 5.82 Å². The van der Waals surface area contributed by atoms with Gasteiger partial charge in [0.15, 0.2) is 0 Å². The zero-order valence-corrected chi connectivity index (χ0v) is 13.7. The van der Waals surface area contributed by atoms with Crippen LogP contribution in [0.4, 0.5) is 14.6 Å². The average molecular weight is 354 g/mol. The van der Waals surface area contributed by atoms with Gasteiger partial charge >= 0.3 is 5.69 Å². The van der Waals surface area contributed by atoms with Crippen molar-refractivity contribution in [1.82, 2.24) is 14.5 Å². The second-order valence-corrected chi connectivity index (χ2v) is 6.15. The molecule has 2 fully saturated rings. The molecular weight excluding hydrogens is 334 g/mol. The lowest BCUT2D eigenvalue weighted by Crippen LogP contribution is -2.35. The molecule has 0 bridgehead atoms. The summed E-state index contributed by atoms with van der Waals surface area (Å²) in [5, 5.41) is 0. The number of halogens is 2. The van der Waals surface area contributed by atoms with E-state index in [0.717, 1.165) is 15.9 Å². The minimum absolute atomic E-state index is 0.0244. The lowest BCUT2D eigenvalue weighted by molar-refractivity contribution is -0.118. The van der Waals surface area contributed by atoms with Crippen LogP contribution >= 0.6 is 0 Å². The highest BCUT2D eigenvalue weighted by atomic mass is 19.3. The highest BCUT2D eigenvalue weighted by molar-refractivity contribution is 6.03. The van der Waals surface area contributed by atoms with Crippen molar-refractivity contribution in [2.24, 2.45) is 10.7 Å². The number of aliphatic imine (C=N–C) groups is 1. The van der Waals surface area contributed by atoms with Crippen molar-refractivity contribution >= 4 is 11.5 Å². The Kier molecular flexibility index (Phi) is 4.56. The van der Waals surface area contributed by atoms with Gasteiger partial charge in [-0.1, -0.05) is 0 Å². The normalized spacial score (nSPS) is 29.7. The first kappa shape index (κ1) is 17.5. The van der Waals surface area contributed by atoms with Gasteiger partial charge in [0.05, 0.1) is 11.8 Å². The monoisotopic (exact) mass is 354 g/mol. The van der Waals surface area contributed by atoms with Gasteiger partial charge < -0.3 is 16.2 Å². The topological polar surface area (TPSA) is 112 Å². The van der Waals surface area contributed by atoms with Crippen LogP contribution in [0.25, 0.3) is 0 Å². The molecule has 0 aromatic carbocycles. The van der Waals surface area contributed by atoms with Crippen LogP contribution in [0.15, 0.2) is 33.8 Å². The van der Waals surface area contributed by atoms with Crippen molar-refractivity contribution < 1.29 is 13.5 Å². The van der Waals surface area contributed by atoms with Gasteiger partial charge in [-0.25, -0.2) is 13.6 Å². The Bertz CT molecular complexity index is 756. The Morgan fingerprint density at radius 3 is 2.88 bits per heavy atom. The van der Waals surface area contributed by atoms with Crippen molar-refractivity contribution in [2.75, 3.05) is 32.4 Å². The molecule has 0 unspecified atom stereocenters. The first-order valence-corrected chi connectivity index (χ1v) is 7.81. The Balaban J connectivity index is 1.73.